The fraction of sp³-hybridized carbons (Fsp3) is 0.625. The second-order valence-corrected chi connectivity index (χ2v) is 3.46. The Bertz CT molecular complexity index is 163. The summed E-state index contributed by atoms with van der Waals surface area (Å²) in [5.74, 6) is 0.264. The van der Waals surface area contributed by atoms with Crippen LogP contribution in [0, 0.1) is 10.8 Å². The number of hydrogen-bond donors (Lipinski definition) is 2. The van der Waals surface area contributed by atoms with Crippen molar-refractivity contribution < 1.29 is 5.11 Å². The molecule has 0 aromatic carbocycles. The third-order valence-corrected chi connectivity index (χ3v) is 1.12. The topological polar surface area (TPSA) is 44.1 Å². The minimum Gasteiger partial charge on any atom is -0.512 e. The van der Waals surface area contributed by atoms with E-state index in [1.807, 2.05) is 20.8 Å². The summed E-state index contributed by atoms with van der Waals surface area (Å²) in [4.78, 5) is 0. The highest BCUT2D eigenvalue weighted by Crippen LogP contribution is 2.21. The molecule has 0 aliphatic carbocycles. The molecule has 2 N–H and O–H groups in total. The lowest BCUT2D eigenvalue weighted by Gasteiger charge is -2.16. The van der Waals surface area contributed by atoms with Crippen molar-refractivity contribution in [2.45, 2.75) is 27.7 Å². The van der Waals surface area contributed by atoms with Crippen molar-refractivity contribution in [2.75, 3.05) is 0 Å². The zero-order valence-corrected chi connectivity index (χ0v) is 7.02. The third kappa shape index (κ3) is 3.28. The van der Waals surface area contributed by atoms with Gasteiger partial charge in [-0.25, -0.2) is 0 Å². The van der Waals surface area contributed by atoms with Crippen LogP contribution in [0.3, 0.4) is 0 Å². The van der Waals surface area contributed by atoms with Gasteiger partial charge in [0.15, 0.2) is 0 Å². The van der Waals surface area contributed by atoms with Crippen LogP contribution in [0.4, 0.5) is 0 Å². The molecule has 0 fully saturated rings. The first-order valence-corrected chi connectivity index (χ1v) is 3.30. The lowest BCUT2D eigenvalue weighted by Crippen LogP contribution is -2.09. The van der Waals surface area contributed by atoms with Gasteiger partial charge in [-0.05, 0) is 13.0 Å². The molecule has 2 heteroatoms. The molecule has 0 aromatic rings. The van der Waals surface area contributed by atoms with Gasteiger partial charge in [-0.2, -0.15) is 0 Å². The van der Waals surface area contributed by atoms with Crippen LogP contribution in [-0.4, -0.2) is 10.8 Å². The van der Waals surface area contributed by atoms with Crippen LogP contribution < -0.4 is 0 Å². The van der Waals surface area contributed by atoms with Crippen molar-refractivity contribution >= 4 is 5.71 Å². The Labute approximate surface area is 62.1 Å². The van der Waals surface area contributed by atoms with Crippen LogP contribution in [0.1, 0.15) is 27.7 Å². The minimum atomic E-state index is -0.234. The molecule has 0 saturated heterocycles. The van der Waals surface area contributed by atoms with E-state index in [-0.39, 0.29) is 11.2 Å². The maximum atomic E-state index is 9.28. The van der Waals surface area contributed by atoms with E-state index in [0.29, 0.717) is 5.71 Å². The summed E-state index contributed by atoms with van der Waals surface area (Å²) in [7, 11) is 0. The van der Waals surface area contributed by atoms with Crippen LogP contribution in [0.5, 0.6) is 0 Å². The van der Waals surface area contributed by atoms with Gasteiger partial charge in [0.2, 0.25) is 0 Å². The van der Waals surface area contributed by atoms with E-state index < -0.39 is 0 Å². The monoisotopic (exact) mass is 141 g/mol. The van der Waals surface area contributed by atoms with E-state index in [1.54, 1.807) is 6.92 Å². The molecule has 0 radical (unpaired) electrons. The number of aliphatic hydroxyl groups is 1. The average Bonchev–Trinajstić information content (AvgIpc) is 1.60. The molecule has 10 heavy (non-hydrogen) atoms. The molecular weight excluding hydrogens is 126 g/mol. The second-order valence-electron chi connectivity index (χ2n) is 3.46. The van der Waals surface area contributed by atoms with E-state index in [0.717, 1.165) is 0 Å². The maximum Gasteiger partial charge on any atom is 0.0993 e. The summed E-state index contributed by atoms with van der Waals surface area (Å²) >= 11 is 0. The molecule has 0 bridgehead atoms. The first-order chi connectivity index (χ1) is 4.34. The Balaban J connectivity index is 4.35. The van der Waals surface area contributed by atoms with Crippen LogP contribution >= 0.6 is 0 Å². The zero-order chi connectivity index (χ0) is 8.36. The third-order valence-electron chi connectivity index (χ3n) is 1.12. The normalized spacial score (nSPS) is 13.4. The van der Waals surface area contributed by atoms with Gasteiger partial charge < -0.3 is 10.5 Å². The van der Waals surface area contributed by atoms with Crippen LogP contribution in [0.25, 0.3) is 0 Å². The van der Waals surface area contributed by atoms with Gasteiger partial charge in [0.05, 0.1) is 5.76 Å². The lowest BCUT2D eigenvalue weighted by molar-refractivity contribution is 0.278. The number of allylic oxidation sites excluding steroid dienone is 2. The molecule has 0 aliphatic heterocycles. The van der Waals surface area contributed by atoms with Gasteiger partial charge in [-0.3, -0.25) is 0 Å². The van der Waals surface area contributed by atoms with Crippen molar-refractivity contribution in [1.82, 2.24) is 0 Å². The van der Waals surface area contributed by atoms with Crippen molar-refractivity contribution in [3.63, 3.8) is 0 Å². The Hall–Kier alpha value is -0.790. The Morgan fingerprint density at radius 3 is 1.90 bits per heavy atom. The average molecular weight is 141 g/mol. The molecular formula is C8H15NO. The maximum absolute atomic E-state index is 9.28. The first-order valence-electron chi connectivity index (χ1n) is 3.30. The molecule has 2 nitrogen and oxygen atoms in total. The van der Waals surface area contributed by atoms with Gasteiger partial charge >= 0.3 is 0 Å². The zero-order valence-electron chi connectivity index (χ0n) is 7.02. The number of rotatable bonds is 1. The highest BCUT2D eigenvalue weighted by molar-refractivity contribution is 5.90. The van der Waals surface area contributed by atoms with E-state index in [2.05, 4.69) is 0 Å². The second kappa shape index (κ2) is 2.86. The van der Waals surface area contributed by atoms with Crippen LogP contribution in [0.15, 0.2) is 11.8 Å². The fourth-order valence-corrected chi connectivity index (χ4v) is 0.422. The highest BCUT2D eigenvalue weighted by Gasteiger charge is 2.15. The van der Waals surface area contributed by atoms with Gasteiger partial charge in [-0.15, -0.1) is 0 Å². The summed E-state index contributed by atoms with van der Waals surface area (Å²) < 4.78 is 0. The Kier molecular flexibility index (Phi) is 2.64. The van der Waals surface area contributed by atoms with Gasteiger partial charge in [-0.1, -0.05) is 20.8 Å². The largest absolute Gasteiger partial charge is 0.512 e. The van der Waals surface area contributed by atoms with Gasteiger partial charge in [0, 0.05) is 11.1 Å². The smallest absolute Gasteiger partial charge is 0.0993 e. The predicted molar refractivity (Wildman–Crippen MR) is 43.6 cm³/mol. The number of hydrogen-bond acceptors (Lipinski definition) is 2. The van der Waals surface area contributed by atoms with Crippen LogP contribution in [0.2, 0.25) is 0 Å². The highest BCUT2D eigenvalue weighted by atomic mass is 16.3. The SMILES string of the molecule is CC(=N)/C=C(\O)C(C)(C)C. The summed E-state index contributed by atoms with van der Waals surface area (Å²) in [5.41, 5.74) is 0.148. The van der Waals surface area contributed by atoms with Crippen molar-refractivity contribution in [3.8, 4) is 0 Å². The summed E-state index contributed by atoms with van der Waals surface area (Å²) in [6.45, 7) is 7.35. The molecule has 0 amide bonds. The predicted octanol–water partition coefficient (Wildman–Crippen LogP) is 2.51. The molecule has 0 atom stereocenters. The van der Waals surface area contributed by atoms with E-state index in [9.17, 15) is 5.11 Å². The standard InChI is InChI=1S/C8H15NO/c1-6(9)5-7(10)8(2,3)4/h5,9-10H,1-4H3/b7-5-,9-6?. The lowest BCUT2D eigenvalue weighted by atomic mass is 9.93. The molecule has 0 spiro atoms. The van der Waals surface area contributed by atoms with E-state index >= 15 is 0 Å². The molecule has 0 rings (SSSR count). The van der Waals surface area contributed by atoms with E-state index in [4.69, 9.17) is 5.41 Å². The van der Waals surface area contributed by atoms with Crippen molar-refractivity contribution in [2.24, 2.45) is 5.41 Å². The molecule has 0 heterocycles. The van der Waals surface area contributed by atoms with Crippen molar-refractivity contribution in [3.05, 3.63) is 11.8 Å². The Morgan fingerprint density at radius 1 is 1.40 bits per heavy atom. The van der Waals surface area contributed by atoms with Crippen LogP contribution in [-0.2, 0) is 0 Å². The summed E-state index contributed by atoms with van der Waals surface area (Å²) in [5, 5.41) is 16.3. The Morgan fingerprint density at radius 2 is 1.80 bits per heavy atom. The molecule has 0 aromatic heterocycles. The molecule has 0 aliphatic rings. The van der Waals surface area contributed by atoms with Gasteiger partial charge in [0.25, 0.3) is 0 Å². The summed E-state index contributed by atoms with van der Waals surface area (Å²) in [6, 6.07) is 0. The fourth-order valence-electron chi connectivity index (χ4n) is 0.422. The van der Waals surface area contributed by atoms with Crippen molar-refractivity contribution in [1.29, 1.82) is 5.41 Å². The summed E-state index contributed by atoms with van der Waals surface area (Å²) in [6.07, 6.45) is 1.47. The molecule has 58 valence electrons. The number of nitrogens with one attached hydrogen (secondary N) is 1. The minimum absolute atomic E-state index is 0.234. The molecule has 0 unspecified atom stereocenters. The van der Waals surface area contributed by atoms with Gasteiger partial charge in [0.1, 0.15) is 0 Å². The van der Waals surface area contributed by atoms with E-state index in [1.165, 1.54) is 6.08 Å². The quantitative estimate of drug-likeness (QED) is 0.427. The number of aliphatic hydroxyl groups excluding tert-OH is 1. The first kappa shape index (κ1) is 9.21. The molecule has 0 saturated carbocycles.